The number of rotatable bonds is 4. The predicted molar refractivity (Wildman–Crippen MR) is 92.2 cm³/mol. The molecule has 1 heterocycles. The van der Waals surface area contributed by atoms with E-state index in [0.29, 0.717) is 5.82 Å². The van der Waals surface area contributed by atoms with Gasteiger partial charge in [-0.2, -0.15) is 0 Å². The van der Waals surface area contributed by atoms with Gasteiger partial charge in [-0.3, -0.25) is 0 Å². The average molecular weight is 450 g/mol. The molecule has 6 heteroatoms. The minimum Gasteiger partial charge on any atom is -0.383 e. The topological polar surface area (TPSA) is 51.8 Å². The molecule has 2 rings (SSSR count). The molecule has 0 fully saturated rings. The Morgan fingerprint density at radius 3 is 2.84 bits per heavy atom. The summed E-state index contributed by atoms with van der Waals surface area (Å²) >= 11 is 7.38. The first kappa shape index (κ1) is 15.1. The number of anilines is 1. The van der Waals surface area contributed by atoms with Gasteiger partial charge in [0.05, 0.1) is 15.0 Å². The number of nitrogen functional groups attached to an aromatic ring is 1. The summed E-state index contributed by atoms with van der Waals surface area (Å²) in [5, 5.41) is 0. The number of benzene rings is 1. The number of hydrogen-bond acceptors (Lipinski definition) is 4. The van der Waals surface area contributed by atoms with Crippen molar-refractivity contribution in [2.45, 2.75) is 24.0 Å². The van der Waals surface area contributed by atoms with Gasteiger partial charge in [-0.1, -0.05) is 28.9 Å². The highest BCUT2D eigenvalue weighted by atomic mass is 127. The van der Waals surface area contributed by atoms with Crippen molar-refractivity contribution in [2.75, 3.05) is 5.73 Å². The van der Waals surface area contributed by atoms with Gasteiger partial charge in [-0.15, -0.1) is 11.8 Å². The van der Waals surface area contributed by atoms with Crippen LogP contribution in [0.4, 0.5) is 5.82 Å². The number of thioether (sulfide) groups is 1. The summed E-state index contributed by atoms with van der Waals surface area (Å²) < 4.78 is 2.05. The molecule has 0 amide bonds. The van der Waals surface area contributed by atoms with Crippen LogP contribution in [-0.2, 0) is 12.2 Å². The van der Waals surface area contributed by atoms with E-state index < -0.39 is 0 Å². The third-order valence-electron chi connectivity index (χ3n) is 2.49. The van der Waals surface area contributed by atoms with E-state index in [4.69, 9.17) is 5.73 Å². The Morgan fingerprint density at radius 2 is 2.16 bits per heavy atom. The number of aryl methyl sites for hydroxylation is 1. The Bertz CT molecular complexity index is 592. The lowest BCUT2D eigenvalue weighted by atomic mass is 10.3. The van der Waals surface area contributed by atoms with Crippen LogP contribution < -0.4 is 5.73 Å². The van der Waals surface area contributed by atoms with Crippen molar-refractivity contribution in [2.24, 2.45) is 0 Å². The molecule has 0 atom stereocenters. The molecule has 1 aromatic heterocycles. The molecule has 0 radical (unpaired) electrons. The lowest BCUT2D eigenvalue weighted by molar-refractivity contribution is 0.933. The monoisotopic (exact) mass is 449 g/mol. The normalized spacial score (nSPS) is 10.7. The van der Waals surface area contributed by atoms with Crippen molar-refractivity contribution in [1.29, 1.82) is 0 Å². The molecule has 0 spiro atoms. The molecule has 100 valence electrons. The van der Waals surface area contributed by atoms with Crippen molar-refractivity contribution >= 4 is 56.1 Å². The van der Waals surface area contributed by atoms with E-state index in [1.54, 1.807) is 11.8 Å². The van der Waals surface area contributed by atoms with E-state index in [2.05, 4.69) is 67.5 Å². The van der Waals surface area contributed by atoms with Crippen LogP contribution in [0.15, 0.2) is 33.6 Å². The summed E-state index contributed by atoms with van der Waals surface area (Å²) in [4.78, 5) is 10.1. The maximum atomic E-state index is 5.91. The van der Waals surface area contributed by atoms with Crippen molar-refractivity contribution < 1.29 is 0 Å². The molecule has 2 N–H and O–H groups in total. The number of hydrogen-bond donors (Lipinski definition) is 1. The first-order valence-electron chi connectivity index (χ1n) is 5.79. The number of aromatic nitrogens is 2. The summed E-state index contributed by atoms with van der Waals surface area (Å²) in [5.74, 6) is 2.10. The SMILES string of the molecule is CCc1nc(CSc2cccc(Br)c2)nc(N)c1I. The summed E-state index contributed by atoms with van der Waals surface area (Å²) in [6.45, 7) is 2.08. The van der Waals surface area contributed by atoms with E-state index in [1.165, 1.54) is 4.90 Å². The van der Waals surface area contributed by atoms with Crippen LogP contribution in [0.25, 0.3) is 0 Å². The van der Waals surface area contributed by atoms with Crippen molar-refractivity contribution in [3.63, 3.8) is 0 Å². The highest BCUT2D eigenvalue weighted by molar-refractivity contribution is 14.1. The van der Waals surface area contributed by atoms with E-state index in [1.807, 2.05) is 12.1 Å². The fourth-order valence-corrected chi connectivity index (χ4v) is 3.55. The first-order chi connectivity index (χ1) is 9.10. The Labute approximate surface area is 139 Å². The number of nitrogens with two attached hydrogens (primary N) is 1. The summed E-state index contributed by atoms with van der Waals surface area (Å²) in [6, 6.07) is 8.19. The second-order valence-electron chi connectivity index (χ2n) is 3.89. The van der Waals surface area contributed by atoms with Crippen LogP contribution in [0.3, 0.4) is 0 Å². The molecule has 3 nitrogen and oxygen atoms in total. The standard InChI is InChI=1S/C13H13BrIN3S/c1-2-10-12(15)13(16)18-11(17-10)7-19-9-5-3-4-8(14)6-9/h3-6H,2,7H2,1H3,(H2,16,17,18). The Kier molecular flexibility index (Phi) is 5.47. The maximum absolute atomic E-state index is 5.91. The average Bonchev–Trinajstić information content (AvgIpc) is 2.40. The molecule has 0 unspecified atom stereocenters. The molecule has 0 bridgehead atoms. The minimum atomic E-state index is 0.581. The van der Waals surface area contributed by atoms with Crippen LogP contribution in [0.1, 0.15) is 18.4 Å². The van der Waals surface area contributed by atoms with E-state index in [0.717, 1.165) is 31.7 Å². The van der Waals surface area contributed by atoms with Gasteiger partial charge in [-0.25, -0.2) is 9.97 Å². The summed E-state index contributed by atoms with van der Waals surface area (Å²) in [6.07, 6.45) is 0.875. The van der Waals surface area contributed by atoms with Gasteiger partial charge in [-0.05, 0) is 47.2 Å². The molecule has 0 saturated heterocycles. The zero-order chi connectivity index (χ0) is 13.8. The van der Waals surface area contributed by atoms with E-state index >= 15 is 0 Å². The molecule has 1 aromatic carbocycles. The smallest absolute Gasteiger partial charge is 0.141 e. The fourth-order valence-electron chi connectivity index (χ4n) is 1.57. The van der Waals surface area contributed by atoms with Crippen LogP contribution in [0, 0.1) is 3.57 Å². The van der Waals surface area contributed by atoms with Crippen molar-refractivity contribution in [3.8, 4) is 0 Å². The lowest BCUT2D eigenvalue weighted by Gasteiger charge is -2.07. The third kappa shape index (κ3) is 4.06. The summed E-state index contributed by atoms with van der Waals surface area (Å²) in [5.41, 5.74) is 6.94. The van der Waals surface area contributed by atoms with Gasteiger partial charge in [0.2, 0.25) is 0 Å². The third-order valence-corrected chi connectivity index (χ3v) is 5.15. The molecular weight excluding hydrogens is 437 g/mol. The number of halogens is 2. The van der Waals surface area contributed by atoms with Crippen molar-refractivity contribution in [1.82, 2.24) is 9.97 Å². The summed E-state index contributed by atoms with van der Waals surface area (Å²) in [7, 11) is 0. The largest absolute Gasteiger partial charge is 0.383 e. The fraction of sp³-hybridized carbons (Fsp3) is 0.231. The molecular formula is C13H13BrIN3S. The van der Waals surface area contributed by atoms with Crippen LogP contribution in [-0.4, -0.2) is 9.97 Å². The van der Waals surface area contributed by atoms with Gasteiger partial charge in [0.1, 0.15) is 11.6 Å². The zero-order valence-corrected chi connectivity index (χ0v) is 14.9. The molecule has 19 heavy (non-hydrogen) atoms. The number of nitrogens with zero attached hydrogens (tertiary/aromatic N) is 2. The maximum Gasteiger partial charge on any atom is 0.141 e. The highest BCUT2D eigenvalue weighted by Crippen LogP contribution is 2.25. The van der Waals surface area contributed by atoms with Gasteiger partial charge in [0.15, 0.2) is 0 Å². The zero-order valence-electron chi connectivity index (χ0n) is 10.4. The van der Waals surface area contributed by atoms with Gasteiger partial charge >= 0.3 is 0 Å². The second-order valence-corrected chi connectivity index (χ2v) is 6.93. The first-order valence-corrected chi connectivity index (χ1v) is 8.65. The molecule has 0 aliphatic carbocycles. The van der Waals surface area contributed by atoms with Crippen molar-refractivity contribution in [3.05, 3.63) is 43.8 Å². The van der Waals surface area contributed by atoms with Gasteiger partial charge in [0.25, 0.3) is 0 Å². The Hall–Kier alpha value is -0.340. The predicted octanol–water partition coefficient (Wildman–Crippen LogP) is 4.28. The second kappa shape index (κ2) is 6.90. The lowest BCUT2D eigenvalue weighted by Crippen LogP contribution is -2.06. The van der Waals surface area contributed by atoms with Gasteiger partial charge in [0, 0.05) is 9.37 Å². The van der Waals surface area contributed by atoms with Crippen LogP contribution in [0.2, 0.25) is 0 Å². The molecule has 0 aliphatic heterocycles. The highest BCUT2D eigenvalue weighted by Gasteiger charge is 2.09. The van der Waals surface area contributed by atoms with E-state index in [-0.39, 0.29) is 0 Å². The Morgan fingerprint density at radius 1 is 1.37 bits per heavy atom. The molecule has 0 saturated carbocycles. The molecule has 0 aliphatic rings. The quantitative estimate of drug-likeness (QED) is 0.559. The molecule has 2 aromatic rings. The van der Waals surface area contributed by atoms with E-state index in [9.17, 15) is 0 Å². The van der Waals surface area contributed by atoms with Crippen LogP contribution >= 0.6 is 50.3 Å². The van der Waals surface area contributed by atoms with Gasteiger partial charge < -0.3 is 5.73 Å². The minimum absolute atomic E-state index is 0.581. The Balaban J connectivity index is 2.13. The van der Waals surface area contributed by atoms with Crippen LogP contribution in [0.5, 0.6) is 0 Å².